The molecule has 0 saturated carbocycles. The minimum atomic E-state index is -0.295. The Balaban J connectivity index is 2.00. The third-order valence-corrected chi connectivity index (χ3v) is 3.19. The van der Waals surface area contributed by atoms with Gasteiger partial charge in [0, 0.05) is 11.4 Å². The highest BCUT2D eigenvalue weighted by Crippen LogP contribution is 2.17. The second kappa shape index (κ2) is 6.24. The maximum Gasteiger partial charge on any atom is 0.246 e. The first-order chi connectivity index (χ1) is 9.56. The van der Waals surface area contributed by atoms with Crippen molar-refractivity contribution < 1.29 is 4.79 Å². The summed E-state index contributed by atoms with van der Waals surface area (Å²) in [5.74, 6) is -0.0452. The van der Waals surface area contributed by atoms with Crippen molar-refractivity contribution in [2.24, 2.45) is 0 Å². The van der Waals surface area contributed by atoms with E-state index in [4.69, 9.17) is 0 Å². The molecule has 0 spiro atoms. The molecule has 0 saturated heterocycles. The van der Waals surface area contributed by atoms with Gasteiger partial charge in [-0.1, -0.05) is 35.9 Å². The molecule has 2 rings (SSSR count). The molecule has 0 bridgehead atoms. The Morgan fingerprint density at radius 3 is 2.40 bits per heavy atom. The van der Waals surface area contributed by atoms with Gasteiger partial charge in [0.1, 0.15) is 6.04 Å². The van der Waals surface area contributed by atoms with Gasteiger partial charge in [-0.25, -0.2) is 0 Å². The molecule has 0 heterocycles. The monoisotopic (exact) mass is 268 g/mol. The average molecular weight is 268 g/mol. The number of nitrogens with one attached hydrogen (secondary N) is 2. The highest BCUT2D eigenvalue weighted by molar-refractivity contribution is 5.96. The molecule has 1 amide bonds. The van der Waals surface area contributed by atoms with Gasteiger partial charge in [0.2, 0.25) is 5.91 Å². The Kier molecular flexibility index (Phi) is 4.41. The zero-order valence-electron chi connectivity index (χ0n) is 12.1. The van der Waals surface area contributed by atoms with Crippen molar-refractivity contribution in [3.8, 4) is 0 Å². The number of hydrogen-bond acceptors (Lipinski definition) is 2. The first-order valence-corrected chi connectivity index (χ1v) is 6.76. The van der Waals surface area contributed by atoms with Crippen molar-refractivity contribution in [2.75, 3.05) is 10.6 Å². The van der Waals surface area contributed by atoms with Crippen LogP contribution in [0.15, 0.2) is 48.5 Å². The van der Waals surface area contributed by atoms with E-state index < -0.39 is 0 Å². The van der Waals surface area contributed by atoms with Crippen LogP contribution in [-0.2, 0) is 4.79 Å². The molecule has 0 radical (unpaired) electrons. The van der Waals surface area contributed by atoms with Crippen LogP contribution < -0.4 is 10.6 Å². The summed E-state index contributed by atoms with van der Waals surface area (Å²) in [6.45, 7) is 5.96. The fraction of sp³-hybridized carbons (Fsp3) is 0.235. The van der Waals surface area contributed by atoms with E-state index in [2.05, 4.69) is 23.6 Å². The molecule has 3 heteroatoms. The number of benzene rings is 2. The minimum absolute atomic E-state index is 0.0452. The first kappa shape index (κ1) is 14.1. The lowest BCUT2D eigenvalue weighted by molar-refractivity contribution is -0.116. The van der Waals surface area contributed by atoms with Crippen LogP contribution in [0.2, 0.25) is 0 Å². The lowest BCUT2D eigenvalue weighted by Gasteiger charge is -2.17. The van der Waals surface area contributed by atoms with Crippen LogP contribution in [-0.4, -0.2) is 11.9 Å². The number of carbonyl (C=O) groups is 1. The van der Waals surface area contributed by atoms with Crippen LogP contribution >= 0.6 is 0 Å². The van der Waals surface area contributed by atoms with E-state index in [0.29, 0.717) is 0 Å². The van der Waals surface area contributed by atoms with Gasteiger partial charge in [0.25, 0.3) is 0 Å². The fourth-order valence-electron chi connectivity index (χ4n) is 2.05. The van der Waals surface area contributed by atoms with Gasteiger partial charge in [-0.3, -0.25) is 4.79 Å². The lowest BCUT2D eigenvalue weighted by Crippen LogP contribution is -2.32. The summed E-state index contributed by atoms with van der Waals surface area (Å²) >= 11 is 0. The van der Waals surface area contributed by atoms with Gasteiger partial charge in [0.05, 0.1) is 0 Å². The SMILES string of the molecule is Cc1ccc(N[C@@H](C)C(=O)Nc2ccccc2)c(C)c1. The third kappa shape index (κ3) is 3.60. The molecule has 20 heavy (non-hydrogen) atoms. The van der Waals surface area contributed by atoms with Crippen LogP contribution in [0.5, 0.6) is 0 Å². The zero-order valence-corrected chi connectivity index (χ0v) is 12.1. The quantitative estimate of drug-likeness (QED) is 0.886. The van der Waals surface area contributed by atoms with Crippen LogP contribution in [0.4, 0.5) is 11.4 Å². The Labute approximate surface area is 120 Å². The molecular formula is C17H20N2O. The molecule has 1 atom stereocenters. The van der Waals surface area contributed by atoms with Gasteiger partial charge >= 0.3 is 0 Å². The van der Waals surface area contributed by atoms with E-state index in [1.165, 1.54) is 5.56 Å². The number of anilines is 2. The predicted molar refractivity (Wildman–Crippen MR) is 84.1 cm³/mol. The Hall–Kier alpha value is -2.29. The van der Waals surface area contributed by atoms with E-state index in [0.717, 1.165) is 16.9 Å². The second-order valence-electron chi connectivity index (χ2n) is 5.04. The van der Waals surface area contributed by atoms with Crippen LogP contribution in [0.3, 0.4) is 0 Å². The van der Waals surface area contributed by atoms with E-state index in [1.54, 1.807) is 0 Å². The Morgan fingerprint density at radius 2 is 1.75 bits per heavy atom. The highest BCUT2D eigenvalue weighted by Gasteiger charge is 2.13. The van der Waals surface area contributed by atoms with E-state index in [9.17, 15) is 4.79 Å². The number of amides is 1. The number of rotatable bonds is 4. The third-order valence-electron chi connectivity index (χ3n) is 3.19. The number of aryl methyl sites for hydroxylation is 2. The highest BCUT2D eigenvalue weighted by atomic mass is 16.2. The number of carbonyl (C=O) groups excluding carboxylic acids is 1. The van der Waals surface area contributed by atoms with Crippen molar-refractivity contribution in [3.05, 3.63) is 59.7 Å². The van der Waals surface area contributed by atoms with Crippen LogP contribution in [0, 0.1) is 13.8 Å². The first-order valence-electron chi connectivity index (χ1n) is 6.76. The molecule has 0 unspecified atom stereocenters. The van der Waals surface area contributed by atoms with Crippen molar-refractivity contribution in [1.82, 2.24) is 0 Å². The maximum atomic E-state index is 12.1. The van der Waals surface area contributed by atoms with E-state index in [1.807, 2.05) is 56.3 Å². The van der Waals surface area contributed by atoms with Gasteiger partial charge in [-0.05, 0) is 44.5 Å². The zero-order chi connectivity index (χ0) is 14.5. The van der Waals surface area contributed by atoms with Crippen molar-refractivity contribution >= 4 is 17.3 Å². The average Bonchev–Trinajstić information content (AvgIpc) is 2.43. The molecule has 2 aromatic carbocycles. The molecule has 0 aliphatic rings. The van der Waals surface area contributed by atoms with Gasteiger partial charge in [-0.15, -0.1) is 0 Å². The molecule has 0 aliphatic carbocycles. The molecule has 0 aliphatic heterocycles. The molecule has 0 aromatic heterocycles. The summed E-state index contributed by atoms with van der Waals surface area (Å²) in [6, 6.07) is 15.3. The standard InChI is InChI=1S/C17H20N2O/c1-12-9-10-16(13(2)11-12)18-14(3)17(20)19-15-7-5-4-6-8-15/h4-11,14,18H,1-3H3,(H,19,20)/t14-/m0/s1. The summed E-state index contributed by atoms with van der Waals surface area (Å²) < 4.78 is 0. The summed E-state index contributed by atoms with van der Waals surface area (Å²) in [5.41, 5.74) is 4.16. The Bertz CT molecular complexity index is 593. The summed E-state index contributed by atoms with van der Waals surface area (Å²) in [4.78, 5) is 12.1. The number of hydrogen-bond donors (Lipinski definition) is 2. The predicted octanol–water partition coefficient (Wildman–Crippen LogP) is 3.74. The molecule has 2 N–H and O–H groups in total. The van der Waals surface area contributed by atoms with Crippen LogP contribution in [0.25, 0.3) is 0 Å². The molecule has 3 nitrogen and oxygen atoms in total. The number of para-hydroxylation sites is 1. The molecule has 104 valence electrons. The topological polar surface area (TPSA) is 41.1 Å². The molecule has 2 aromatic rings. The molecular weight excluding hydrogens is 248 g/mol. The van der Waals surface area contributed by atoms with Gasteiger partial charge < -0.3 is 10.6 Å². The second-order valence-corrected chi connectivity index (χ2v) is 5.04. The summed E-state index contributed by atoms with van der Waals surface area (Å²) in [5, 5.41) is 6.14. The van der Waals surface area contributed by atoms with Gasteiger partial charge in [-0.2, -0.15) is 0 Å². The normalized spacial score (nSPS) is 11.8. The fourth-order valence-corrected chi connectivity index (χ4v) is 2.05. The van der Waals surface area contributed by atoms with Crippen molar-refractivity contribution in [3.63, 3.8) is 0 Å². The largest absolute Gasteiger partial charge is 0.374 e. The minimum Gasteiger partial charge on any atom is -0.374 e. The van der Waals surface area contributed by atoms with E-state index >= 15 is 0 Å². The van der Waals surface area contributed by atoms with E-state index in [-0.39, 0.29) is 11.9 Å². The van der Waals surface area contributed by atoms with Gasteiger partial charge in [0.15, 0.2) is 0 Å². The Morgan fingerprint density at radius 1 is 1.05 bits per heavy atom. The molecule has 0 fully saturated rings. The van der Waals surface area contributed by atoms with Crippen LogP contribution in [0.1, 0.15) is 18.1 Å². The summed E-state index contributed by atoms with van der Waals surface area (Å²) in [6.07, 6.45) is 0. The smallest absolute Gasteiger partial charge is 0.246 e. The lowest BCUT2D eigenvalue weighted by atomic mass is 10.1. The maximum absolute atomic E-state index is 12.1. The summed E-state index contributed by atoms with van der Waals surface area (Å²) in [7, 11) is 0. The van der Waals surface area contributed by atoms with Crippen molar-refractivity contribution in [1.29, 1.82) is 0 Å². The van der Waals surface area contributed by atoms with Crippen molar-refractivity contribution in [2.45, 2.75) is 26.8 Å².